The summed E-state index contributed by atoms with van der Waals surface area (Å²) in [6, 6.07) is 16.9. The van der Waals surface area contributed by atoms with E-state index in [1.165, 1.54) is 11.1 Å². The zero-order valence-electron chi connectivity index (χ0n) is 15.4. The fourth-order valence-corrected chi connectivity index (χ4v) is 3.23. The number of nitrogens with zero attached hydrogens (tertiary/aromatic N) is 3. The predicted molar refractivity (Wildman–Crippen MR) is 103 cm³/mol. The van der Waals surface area contributed by atoms with E-state index in [4.69, 9.17) is 4.42 Å². The highest BCUT2D eigenvalue weighted by Crippen LogP contribution is 2.29. The van der Waals surface area contributed by atoms with Gasteiger partial charge in [-0.25, -0.2) is 9.67 Å². The van der Waals surface area contributed by atoms with Crippen molar-refractivity contribution in [1.29, 1.82) is 0 Å². The molecule has 0 atom stereocenters. The monoisotopic (exact) mass is 343 g/mol. The van der Waals surface area contributed by atoms with Crippen LogP contribution in [0.3, 0.4) is 0 Å². The summed E-state index contributed by atoms with van der Waals surface area (Å²) in [5, 5.41) is 4.55. The average Bonchev–Trinajstić information content (AvgIpc) is 3.20. The van der Waals surface area contributed by atoms with Crippen LogP contribution in [-0.2, 0) is 0 Å². The molecule has 0 saturated carbocycles. The van der Waals surface area contributed by atoms with Crippen LogP contribution < -0.4 is 0 Å². The van der Waals surface area contributed by atoms with Crippen molar-refractivity contribution in [1.82, 2.24) is 14.8 Å². The molecule has 4 heteroatoms. The van der Waals surface area contributed by atoms with Crippen molar-refractivity contribution in [3.8, 4) is 28.3 Å². The Kier molecular flexibility index (Phi) is 3.96. The second-order valence-electron chi connectivity index (χ2n) is 6.71. The van der Waals surface area contributed by atoms with E-state index in [9.17, 15) is 0 Å². The first-order valence-electron chi connectivity index (χ1n) is 8.68. The van der Waals surface area contributed by atoms with Gasteiger partial charge in [-0.3, -0.25) is 0 Å². The Morgan fingerprint density at radius 1 is 0.808 bits per heavy atom. The van der Waals surface area contributed by atoms with E-state index in [1.54, 1.807) is 6.26 Å². The first-order valence-corrected chi connectivity index (χ1v) is 8.68. The Bertz CT molecular complexity index is 1070. The van der Waals surface area contributed by atoms with Gasteiger partial charge in [-0.1, -0.05) is 18.2 Å². The zero-order chi connectivity index (χ0) is 18.3. The van der Waals surface area contributed by atoms with Crippen LogP contribution in [0.15, 0.2) is 59.2 Å². The largest absolute Gasteiger partial charge is 0.444 e. The molecule has 0 aliphatic heterocycles. The summed E-state index contributed by atoms with van der Waals surface area (Å²) in [7, 11) is 0. The molecule has 130 valence electrons. The van der Waals surface area contributed by atoms with E-state index in [1.807, 2.05) is 24.6 Å². The smallest absolute Gasteiger partial charge is 0.226 e. The second-order valence-corrected chi connectivity index (χ2v) is 6.71. The van der Waals surface area contributed by atoms with Gasteiger partial charge in [0.15, 0.2) is 0 Å². The topological polar surface area (TPSA) is 43.9 Å². The minimum Gasteiger partial charge on any atom is -0.444 e. The number of benzene rings is 2. The lowest BCUT2D eigenvalue weighted by Gasteiger charge is -2.10. The quantitative estimate of drug-likeness (QED) is 0.498. The molecule has 4 aromatic rings. The number of oxazole rings is 1. The van der Waals surface area contributed by atoms with Crippen LogP contribution in [0.2, 0.25) is 0 Å². The predicted octanol–water partition coefficient (Wildman–Crippen LogP) is 5.43. The van der Waals surface area contributed by atoms with Gasteiger partial charge in [0, 0.05) is 11.3 Å². The highest BCUT2D eigenvalue weighted by atomic mass is 16.3. The van der Waals surface area contributed by atoms with Gasteiger partial charge in [0.1, 0.15) is 6.26 Å². The Morgan fingerprint density at radius 3 is 2.15 bits per heavy atom. The molecule has 4 rings (SSSR count). The molecule has 0 fully saturated rings. The molecule has 0 unspecified atom stereocenters. The summed E-state index contributed by atoms with van der Waals surface area (Å²) < 4.78 is 7.52. The average molecular weight is 343 g/mol. The Balaban J connectivity index is 1.72. The van der Waals surface area contributed by atoms with Gasteiger partial charge in [-0.15, -0.1) is 0 Å². The van der Waals surface area contributed by atoms with Gasteiger partial charge in [-0.2, -0.15) is 5.10 Å². The maximum absolute atomic E-state index is 5.55. The van der Waals surface area contributed by atoms with E-state index in [-0.39, 0.29) is 0 Å². The van der Waals surface area contributed by atoms with Gasteiger partial charge in [0.2, 0.25) is 5.89 Å². The third-order valence-corrected chi connectivity index (χ3v) is 4.54. The van der Waals surface area contributed by atoms with Crippen molar-refractivity contribution in [3.63, 3.8) is 0 Å². The third-order valence-electron chi connectivity index (χ3n) is 4.54. The van der Waals surface area contributed by atoms with E-state index >= 15 is 0 Å². The standard InChI is InChI=1S/C22H21N3O/c1-14-5-6-19(22-23-16(3)13-26-22)12-21(14)18-7-9-20(10-8-18)25-17(4)11-15(2)24-25/h5-13H,1-4H3. The van der Waals surface area contributed by atoms with Crippen LogP contribution in [0.25, 0.3) is 28.3 Å². The SMILES string of the molecule is Cc1coc(-c2ccc(C)c(-c3ccc(-n4nc(C)cc4C)cc3)c2)n1. The van der Waals surface area contributed by atoms with Gasteiger partial charge in [0.05, 0.1) is 17.1 Å². The summed E-state index contributed by atoms with van der Waals surface area (Å²) in [5.41, 5.74) is 8.66. The molecule has 0 radical (unpaired) electrons. The van der Waals surface area contributed by atoms with Gasteiger partial charge >= 0.3 is 0 Å². The highest BCUT2D eigenvalue weighted by molar-refractivity contribution is 5.73. The molecular weight excluding hydrogens is 322 g/mol. The fraction of sp³-hybridized carbons (Fsp3) is 0.182. The lowest BCUT2D eigenvalue weighted by Crippen LogP contribution is -1.98. The fourth-order valence-electron chi connectivity index (χ4n) is 3.23. The van der Waals surface area contributed by atoms with E-state index in [2.05, 4.69) is 66.4 Å². The van der Waals surface area contributed by atoms with Crippen LogP contribution in [-0.4, -0.2) is 14.8 Å². The summed E-state index contributed by atoms with van der Waals surface area (Å²) in [5.74, 6) is 0.656. The summed E-state index contributed by atoms with van der Waals surface area (Å²) in [4.78, 5) is 4.43. The first kappa shape index (κ1) is 16.3. The number of rotatable bonds is 3. The van der Waals surface area contributed by atoms with Crippen LogP contribution in [0.4, 0.5) is 0 Å². The van der Waals surface area contributed by atoms with Crippen LogP contribution in [0, 0.1) is 27.7 Å². The Labute approximate surface area is 153 Å². The van der Waals surface area contributed by atoms with Crippen molar-refractivity contribution in [2.75, 3.05) is 0 Å². The number of hydrogen-bond acceptors (Lipinski definition) is 3. The molecule has 0 bridgehead atoms. The molecule has 0 saturated heterocycles. The first-order chi connectivity index (χ1) is 12.5. The third kappa shape index (κ3) is 2.94. The maximum atomic E-state index is 5.55. The highest BCUT2D eigenvalue weighted by Gasteiger charge is 2.10. The van der Waals surface area contributed by atoms with Gasteiger partial charge in [-0.05, 0) is 74.7 Å². The summed E-state index contributed by atoms with van der Waals surface area (Å²) >= 11 is 0. The zero-order valence-corrected chi connectivity index (χ0v) is 15.4. The van der Waals surface area contributed by atoms with Crippen molar-refractivity contribution < 1.29 is 4.42 Å². The molecule has 2 heterocycles. The molecule has 26 heavy (non-hydrogen) atoms. The lowest BCUT2D eigenvalue weighted by molar-refractivity contribution is 0.573. The number of aryl methyl sites for hydroxylation is 4. The second kappa shape index (κ2) is 6.30. The molecule has 0 amide bonds. The minimum absolute atomic E-state index is 0.656. The van der Waals surface area contributed by atoms with Crippen molar-refractivity contribution in [3.05, 3.63) is 77.4 Å². The van der Waals surface area contributed by atoms with E-state index in [0.717, 1.165) is 33.9 Å². The molecule has 0 aliphatic carbocycles. The normalized spacial score (nSPS) is 11.1. The van der Waals surface area contributed by atoms with Crippen molar-refractivity contribution in [2.24, 2.45) is 0 Å². The molecule has 4 nitrogen and oxygen atoms in total. The lowest BCUT2D eigenvalue weighted by atomic mass is 9.98. The summed E-state index contributed by atoms with van der Waals surface area (Å²) in [6.07, 6.45) is 1.68. The minimum atomic E-state index is 0.656. The Morgan fingerprint density at radius 2 is 1.54 bits per heavy atom. The number of aromatic nitrogens is 3. The van der Waals surface area contributed by atoms with Crippen LogP contribution in [0.1, 0.15) is 22.6 Å². The molecule has 0 aliphatic rings. The van der Waals surface area contributed by atoms with Gasteiger partial charge < -0.3 is 4.42 Å². The molecule has 2 aromatic heterocycles. The number of hydrogen-bond donors (Lipinski definition) is 0. The van der Waals surface area contributed by atoms with Crippen LogP contribution >= 0.6 is 0 Å². The molecular formula is C22H21N3O. The molecule has 0 spiro atoms. The van der Waals surface area contributed by atoms with Crippen molar-refractivity contribution >= 4 is 0 Å². The Hall–Kier alpha value is -3.14. The molecule has 2 aromatic carbocycles. The van der Waals surface area contributed by atoms with Crippen LogP contribution in [0.5, 0.6) is 0 Å². The maximum Gasteiger partial charge on any atom is 0.226 e. The van der Waals surface area contributed by atoms with Crippen molar-refractivity contribution in [2.45, 2.75) is 27.7 Å². The molecule has 0 N–H and O–H groups in total. The summed E-state index contributed by atoms with van der Waals surface area (Å²) in [6.45, 7) is 8.13. The van der Waals surface area contributed by atoms with E-state index in [0.29, 0.717) is 5.89 Å². The van der Waals surface area contributed by atoms with Gasteiger partial charge in [0.25, 0.3) is 0 Å². The van der Waals surface area contributed by atoms with E-state index < -0.39 is 0 Å².